The van der Waals surface area contributed by atoms with Gasteiger partial charge in [-0.3, -0.25) is 0 Å². The summed E-state index contributed by atoms with van der Waals surface area (Å²) in [5, 5.41) is 3.43. The summed E-state index contributed by atoms with van der Waals surface area (Å²) in [5.41, 5.74) is 5.44. The molecule has 0 amide bonds. The summed E-state index contributed by atoms with van der Waals surface area (Å²) in [7, 11) is 0. The third kappa shape index (κ3) is 3.98. The number of rotatable bonds is 2. The number of hydrogen-bond acceptors (Lipinski definition) is 2. The van der Waals surface area contributed by atoms with Gasteiger partial charge in [0.25, 0.3) is 0 Å². The summed E-state index contributed by atoms with van der Waals surface area (Å²) >= 11 is 5.62. The van der Waals surface area contributed by atoms with Crippen LogP contribution in [-0.2, 0) is 16.5 Å². The predicted octanol–water partition coefficient (Wildman–Crippen LogP) is 5.87. The SMILES string of the molecule is CC(C)(C)c1ccc(C2=NC(C)(c3ccc(C(C)(C)C)cc3)NC2=S)cc1. The van der Waals surface area contributed by atoms with Crippen molar-refractivity contribution in [2.75, 3.05) is 0 Å². The van der Waals surface area contributed by atoms with Gasteiger partial charge in [-0.05, 0) is 34.4 Å². The van der Waals surface area contributed by atoms with E-state index in [-0.39, 0.29) is 10.8 Å². The maximum absolute atomic E-state index is 5.62. The van der Waals surface area contributed by atoms with Crippen LogP contribution in [-0.4, -0.2) is 10.7 Å². The molecule has 27 heavy (non-hydrogen) atoms. The van der Waals surface area contributed by atoms with Crippen LogP contribution in [0.4, 0.5) is 0 Å². The van der Waals surface area contributed by atoms with Crippen LogP contribution in [0.2, 0.25) is 0 Å². The number of thiocarbonyl (C=S) groups is 1. The molecule has 2 aromatic rings. The molecule has 142 valence electrons. The Morgan fingerprint density at radius 2 is 1.22 bits per heavy atom. The summed E-state index contributed by atoms with van der Waals surface area (Å²) in [5.74, 6) is 0. The topological polar surface area (TPSA) is 24.4 Å². The van der Waals surface area contributed by atoms with Crippen molar-refractivity contribution in [1.29, 1.82) is 0 Å². The quantitative estimate of drug-likeness (QED) is 0.661. The fourth-order valence-electron chi connectivity index (χ4n) is 3.34. The molecule has 3 rings (SSSR count). The first-order valence-electron chi connectivity index (χ1n) is 9.54. The molecular formula is C24H30N2S. The summed E-state index contributed by atoms with van der Waals surface area (Å²) < 4.78 is 0. The molecule has 0 bridgehead atoms. The van der Waals surface area contributed by atoms with Crippen molar-refractivity contribution >= 4 is 22.9 Å². The van der Waals surface area contributed by atoms with E-state index in [0.717, 1.165) is 16.8 Å². The molecule has 0 aliphatic carbocycles. The lowest BCUT2D eigenvalue weighted by molar-refractivity contribution is 0.479. The van der Waals surface area contributed by atoms with Gasteiger partial charge in [0.15, 0.2) is 5.66 Å². The third-order valence-corrected chi connectivity index (χ3v) is 5.54. The van der Waals surface area contributed by atoms with E-state index in [1.165, 1.54) is 11.1 Å². The molecule has 3 heteroatoms. The van der Waals surface area contributed by atoms with Crippen molar-refractivity contribution in [2.24, 2.45) is 4.99 Å². The Morgan fingerprint density at radius 3 is 1.67 bits per heavy atom. The summed E-state index contributed by atoms with van der Waals surface area (Å²) in [6, 6.07) is 17.3. The zero-order chi connectivity index (χ0) is 20.0. The van der Waals surface area contributed by atoms with Gasteiger partial charge in [0.2, 0.25) is 0 Å². The second kappa shape index (κ2) is 6.56. The van der Waals surface area contributed by atoms with Crippen molar-refractivity contribution in [1.82, 2.24) is 5.32 Å². The van der Waals surface area contributed by atoms with E-state index >= 15 is 0 Å². The van der Waals surface area contributed by atoms with E-state index in [0.29, 0.717) is 4.99 Å². The fraction of sp³-hybridized carbons (Fsp3) is 0.417. The van der Waals surface area contributed by atoms with Crippen LogP contribution < -0.4 is 5.32 Å². The maximum Gasteiger partial charge on any atom is 0.154 e. The lowest BCUT2D eigenvalue weighted by Crippen LogP contribution is -2.36. The largest absolute Gasteiger partial charge is 0.347 e. The highest BCUT2D eigenvalue weighted by atomic mass is 32.1. The van der Waals surface area contributed by atoms with Gasteiger partial charge in [-0.1, -0.05) is 102 Å². The van der Waals surface area contributed by atoms with Gasteiger partial charge < -0.3 is 5.32 Å². The van der Waals surface area contributed by atoms with Crippen LogP contribution in [0.15, 0.2) is 53.5 Å². The molecule has 1 heterocycles. The maximum atomic E-state index is 5.62. The molecule has 1 atom stereocenters. The predicted molar refractivity (Wildman–Crippen MR) is 120 cm³/mol. The Labute approximate surface area is 169 Å². The van der Waals surface area contributed by atoms with Crippen LogP contribution in [0.5, 0.6) is 0 Å². The molecule has 2 aromatic carbocycles. The van der Waals surface area contributed by atoms with Crippen molar-refractivity contribution in [3.05, 3.63) is 70.8 Å². The van der Waals surface area contributed by atoms with E-state index in [1.54, 1.807) is 0 Å². The highest BCUT2D eigenvalue weighted by Gasteiger charge is 2.35. The molecule has 2 nitrogen and oxygen atoms in total. The van der Waals surface area contributed by atoms with E-state index in [1.807, 2.05) is 0 Å². The monoisotopic (exact) mass is 378 g/mol. The first kappa shape index (κ1) is 19.8. The third-order valence-electron chi connectivity index (χ3n) is 5.24. The molecule has 1 aliphatic heterocycles. The minimum absolute atomic E-state index is 0.137. The highest BCUT2D eigenvalue weighted by Crippen LogP contribution is 2.31. The number of benzene rings is 2. The van der Waals surface area contributed by atoms with Crippen molar-refractivity contribution in [3.8, 4) is 0 Å². The van der Waals surface area contributed by atoms with E-state index < -0.39 is 5.66 Å². The Morgan fingerprint density at radius 1 is 0.778 bits per heavy atom. The average Bonchev–Trinajstić information content (AvgIpc) is 2.89. The van der Waals surface area contributed by atoms with E-state index in [2.05, 4.69) is 102 Å². The molecule has 0 saturated heterocycles. The molecule has 0 aromatic heterocycles. The molecule has 0 fully saturated rings. The second-order valence-electron chi connectivity index (χ2n) is 9.64. The zero-order valence-electron chi connectivity index (χ0n) is 17.5. The second-order valence-corrected chi connectivity index (χ2v) is 10.0. The van der Waals surface area contributed by atoms with Crippen LogP contribution in [0.25, 0.3) is 0 Å². The van der Waals surface area contributed by atoms with Crippen LogP contribution in [0, 0.1) is 0 Å². The molecule has 0 spiro atoms. The number of nitrogens with zero attached hydrogens (tertiary/aromatic N) is 1. The standard InChI is InChI=1S/C24H30N2S/c1-22(2,3)17-10-8-16(9-11-17)20-21(27)26-24(7,25-20)19-14-12-18(13-15-19)23(4,5)6/h8-15H,1-7H3,(H,26,27). The van der Waals surface area contributed by atoms with E-state index in [9.17, 15) is 0 Å². The Bertz CT molecular complexity index is 878. The highest BCUT2D eigenvalue weighted by molar-refractivity contribution is 7.82. The Hall–Kier alpha value is -2.00. The van der Waals surface area contributed by atoms with Gasteiger partial charge in [-0.25, -0.2) is 4.99 Å². The van der Waals surface area contributed by atoms with Crippen LogP contribution in [0.1, 0.15) is 70.7 Å². The van der Waals surface area contributed by atoms with Gasteiger partial charge in [-0.15, -0.1) is 0 Å². The molecule has 0 radical (unpaired) electrons. The van der Waals surface area contributed by atoms with Crippen molar-refractivity contribution < 1.29 is 0 Å². The first-order chi connectivity index (χ1) is 12.4. The van der Waals surface area contributed by atoms with Gasteiger partial charge in [0.1, 0.15) is 10.7 Å². The molecule has 1 unspecified atom stereocenters. The minimum atomic E-state index is -0.522. The zero-order valence-corrected chi connectivity index (χ0v) is 18.3. The average molecular weight is 379 g/mol. The summed E-state index contributed by atoms with van der Waals surface area (Å²) in [4.78, 5) is 5.70. The minimum Gasteiger partial charge on any atom is -0.347 e. The van der Waals surface area contributed by atoms with Crippen molar-refractivity contribution in [3.63, 3.8) is 0 Å². The molecular weight excluding hydrogens is 348 g/mol. The first-order valence-corrected chi connectivity index (χ1v) is 9.95. The van der Waals surface area contributed by atoms with Gasteiger partial charge >= 0.3 is 0 Å². The fourth-order valence-corrected chi connectivity index (χ4v) is 3.70. The lowest BCUT2D eigenvalue weighted by atomic mass is 9.86. The lowest BCUT2D eigenvalue weighted by Gasteiger charge is -2.24. The number of aliphatic imine (C=N–C) groups is 1. The van der Waals surface area contributed by atoms with Gasteiger partial charge in [-0.2, -0.15) is 0 Å². The van der Waals surface area contributed by atoms with E-state index in [4.69, 9.17) is 17.2 Å². The van der Waals surface area contributed by atoms with Crippen LogP contribution >= 0.6 is 12.2 Å². The van der Waals surface area contributed by atoms with Crippen molar-refractivity contribution in [2.45, 2.75) is 65.0 Å². The normalized spacial score (nSPS) is 20.4. The van der Waals surface area contributed by atoms with Gasteiger partial charge in [0.05, 0.1) is 0 Å². The molecule has 1 N–H and O–H groups in total. The Balaban J connectivity index is 1.93. The molecule has 0 saturated carbocycles. The number of nitrogens with one attached hydrogen (secondary N) is 1. The summed E-state index contributed by atoms with van der Waals surface area (Å²) in [6.45, 7) is 15.4. The van der Waals surface area contributed by atoms with Crippen LogP contribution in [0.3, 0.4) is 0 Å². The number of hydrogen-bond donors (Lipinski definition) is 1. The Kier molecular flexibility index (Phi) is 4.80. The smallest absolute Gasteiger partial charge is 0.154 e. The summed E-state index contributed by atoms with van der Waals surface area (Å²) in [6.07, 6.45) is 0. The molecule has 1 aliphatic rings. The van der Waals surface area contributed by atoms with Gasteiger partial charge in [0, 0.05) is 5.56 Å².